The number of quaternary nitrogens is 1. The second-order valence-corrected chi connectivity index (χ2v) is 2.56. The van der Waals surface area contributed by atoms with Crippen LogP contribution in [0, 0.1) is 0 Å². The van der Waals surface area contributed by atoms with Gasteiger partial charge in [0.25, 0.3) is 0 Å². The number of hydrogen-bond acceptors (Lipinski definition) is 2. The first-order valence-corrected chi connectivity index (χ1v) is 3.15. The first kappa shape index (κ1) is 9.17. The van der Waals surface area contributed by atoms with E-state index in [9.17, 15) is 4.79 Å². The van der Waals surface area contributed by atoms with Gasteiger partial charge in [-0.2, -0.15) is 0 Å². The normalized spacial score (nSPS) is 9.60. The van der Waals surface area contributed by atoms with Gasteiger partial charge in [-0.15, -0.1) is 0 Å². The quantitative estimate of drug-likeness (QED) is 0.319. The number of nitrogens with one attached hydrogen (secondary N) is 1. The van der Waals surface area contributed by atoms with E-state index in [1.165, 1.54) is 0 Å². The summed E-state index contributed by atoms with van der Waals surface area (Å²) in [7, 11) is 3.82. The Morgan fingerprint density at radius 1 is 1.60 bits per heavy atom. The van der Waals surface area contributed by atoms with E-state index >= 15 is 0 Å². The van der Waals surface area contributed by atoms with E-state index in [0.717, 1.165) is 4.90 Å². The molecule has 0 fully saturated rings. The van der Waals surface area contributed by atoms with Gasteiger partial charge in [0.15, 0.2) is 0 Å². The molecule has 0 aliphatic carbocycles. The van der Waals surface area contributed by atoms with E-state index in [-0.39, 0.29) is 5.97 Å². The third kappa shape index (κ3) is 4.09. The molecule has 3 nitrogen and oxygen atoms in total. The number of carbonyl (C=O) groups excluding carboxylic acids is 1. The summed E-state index contributed by atoms with van der Waals surface area (Å²) in [6, 6.07) is 0. The fraction of sp³-hybridized carbons (Fsp3) is 0.571. The smallest absolute Gasteiger partial charge is 0.337 e. The molecular weight excluding hydrogens is 130 g/mol. The zero-order valence-electron chi connectivity index (χ0n) is 6.73. The molecule has 0 aromatic carbocycles. The Balaban J connectivity index is 3.50. The van der Waals surface area contributed by atoms with Crippen LogP contribution in [0.2, 0.25) is 0 Å². The van der Waals surface area contributed by atoms with Crippen molar-refractivity contribution >= 4 is 5.97 Å². The van der Waals surface area contributed by atoms with Gasteiger partial charge in [0, 0.05) is 5.57 Å². The molecule has 0 unspecified atom stereocenters. The number of ether oxygens (including phenoxy) is 1. The van der Waals surface area contributed by atoms with Gasteiger partial charge in [0.2, 0.25) is 6.73 Å². The Labute approximate surface area is 61.3 Å². The Bertz CT molecular complexity index is 141. The summed E-state index contributed by atoms with van der Waals surface area (Å²) in [4.78, 5) is 11.8. The highest BCUT2D eigenvalue weighted by atomic mass is 16.5. The van der Waals surface area contributed by atoms with Crippen LogP contribution in [0.25, 0.3) is 0 Å². The molecule has 10 heavy (non-hydrogen) atoms. The first-order chi connectivity index (χ1) is 4.54. The molecule has 3 heteroatoms. The summed E-state index contributed by atoms with van der Waals surface area (Å²) < 4.78 is 4.79. The molecule has 0 atom stereocenters. The summed E-state index contributed by atoms with van der Waals surface area (Å²) in [6.45, 7) is 5.48. The second kappa shape index (κ2) is 4.06. The lowest BCUT2D eigenvalue weighted by atomic mass is 10.4. The van der Waals surface area contributed by atoms with Gasteiger partial charge in [-0.25, -0.2) is 4.79 Å². The maximum atomic E-state index is 10.7. The van der Waals surface area contributed by atoms with E-state index < -0.39 is 0 Å². The predicted molar refractivity (Wildman–Crippen MR) is 38.6 cm³/mol. The largest absolute Gasteiger partial charge is 0.412 e. The molecule has 0 spiro atoms. The number of hydrogen-bond donors (Lipinski definition) is 1. The van der Waals surface area contributed by atoms with Crippen molar-refractivity contribution in [1.82, 2.24) is 0 Å². The molecule has 1 N–H and O–H groups in total. The molecular formula is C7H14NO2+. The van der Waals surface area contributed by atoms with Crippen LogP contribution in [0.15, 0.2) is 12.2 Å². The third-order valence-electron chi connectivity index (χ3n) is 0.840. The third-order valence-corrected chi connectivity index (χ3v) is 0.840. The standard InChI is InChI=1S/C7H13NO2/c1-6(2)7(9)10-5-8(3)4/h1,5H2,2-4H3/p+1. The van der Waals surface area contributed by atoms with Crippen LogP contribution < -0.4 is 4.90 Å². The number of esters is 1. The van der Waals surface area contributed by atoms with Crippen LogP contribution in [0.1, 0.15) is 6.92 Å². The van der Waals surface area contributed by atoms with Crippen molar-refractivity contribution in [3.05, 3.63) is 12.2 Å². The van der Waals surface area contributed by atoms with Crippen LogP contribution in [-0.2, 0) is 9.53 Å². The van der Waals surface area contributed by atoms with Gasteiger partial charge in [0.05, 0.1) is 14.1 Å². The Hall–Kier alpha value is -0.830. The Morgan fingerprint density at radius 3 is 2.40 bits per heavy atom. The molecule has 0 aromatic rings. The van der Waals surface area contributed by atoms with Crippen molar-refractivity contribution in [3.63, 3.8) is 0 Å². The average Bonchev–Trinajstić information content (AvgIpc) is 1.82. The molecule has 0 amide bonds. The summed E-state index contributed by atoms with van der Waals surface area (Å²) in [5, 5.41) is 0. The van der Waals surface area contributed by atoms with Crippen molar-refractivity contribution in [2.24, 2.45) is 0 Å². The summed E-state index contributed by atoms with van der Waals surface area (Å²) >= 11 is 0. The average molecular weight is 144 g/mol. The summed E-state index contributed by atoms with van der Waals surface area (Å²) in [6.07, 6.45) is 0. The van der Waals surface area contributed by atoms with E-state index in [1.807, 2.05) is 14.1 Å². The molecule has 0 aliphatic rings. The molecule has 58 valence electrons. The maximum Gasteiger partial charge on any atom is 0.337 e. The lowest BCUT2D eigenvalue weighted by molar-refractivity contribution is -0.877. The van der Waals surface area contributed by atoms with Gasteiger partial charge in [-0.1, -0.05) is 6.58 Å². The minimum Gasteiger partial charge on any atom is -0.412 e. The zero-order chi connectivity index (χ0) is 8.15. The van der Waals surface area contributed by atoms with Crippen molar-refractivity contribution in [2.45, 2.75) is 6.92 Å². The zero-order valence-corrected chi connectivity index (χ0v) is 6.73. The van der Waals surface area contributed by atoms with Gasteiger partial charge in [-0.3, -0.25) is 0 Å². The molecule has 0 aliphatic heterocycles. The maximum absolute atomic E-state index is 10.7. The van der Waals surface area contributed by atoms with Gasteiger partial charge in [0.1, 0.15) is 0 Å². The predicted octanol–water partition coefficient (Wildman–Crippen LogP) is -0.792. The molecule has 0 saturated heterocycles. The molecule has 0 rings (SSSR count). The van der Waals surface area contributed by atoms with Crippen LogP contribution in [-0.4, -0.2) is 26.8 Å². The minimum atomic E-state index is -0.318. The summed E-state index contributed by atoms with van der Waals surface area (Å²) in [5.74, 6) is -0.318. The van der Waals surface area contributed by atoms with E-state index in [0.29, 0.717) is 12.3 Å². The number of carbonyl (C=O) groups is 1. The fourth-order valence-corrected chi connectivity index (χ4v) is 0.333. The monoisotopic (exact) mass is 144 g/mol. The van der Waals surface area contributed by atoms with E-state index in [2.05, 4.69) is 6.58 Å². The van der Waals surface area contributed by atoms with Gasteiger partial charge >= 0.3 is 5.97 Å². The van der Waals surface area contributed by atoms with Gasteiger partial charge < -0.3 is 9.64 Å². The highest BCUT2D eigenvalue weighted by molar-refractivity contribution is 5.86. The Morgan fingerprint density at radius 2 is 2.10 bits per heavy atom. The van der Waals surface area contributed by atoms with Crippen LogP contribution >= 0.6 is 0 Å². The van der Waals surface area contributed by atoms with Crippen LogP contribution in [0.3, 0.4) is 0 Å². The van der Waals surface area contributed by atoms with Crippen LogP contribution in [0.5, 0.6) is 0 Å². The lowest BCUT2D eigenvalue weighted by Gasteiger charge is -2.06. The van der Waals surface area contributed by atoms with Crippen molar-refractivity contribution in [1.29, 1.82) is 0 Å². The minimum absolute atomic E-state index is 0.318. The second-order valence-electron chi connectivity index (χ2n) is 2.56. The van der Waals surface area contributed by atoms with E-state index in [4.69, 9.17) is 4.74 Å². The summed E-state index contributed by atoms with van der Waals surface area (Å²) in [5.41, 5.74) is 0.446. The topological polar surface area (TPSA) is 30.7 Å². The van der Waals surface area contributed by atoms with Crippen LogP contribution in [0.4, 0.5) is 0 Å². The van der Waals surface area contributed by atoms with E-state index in [1.54, 1.807) is 6.92 Å². The van der Waals surface area contributed by atoms with Gasteiger partial charge in [-0.05, 0) is 6.92 Å². The SMILES string of the molecule is C=C(C)C(=O)OC[NH+](C)C. The molecule has 0 radical (unpaired) electrons. The van der Waals surface area contributed by atoms with Crippen molar-refractivity contribution in [3.8, 4) is 0 Å². The highest BCUT2D eigenvalue weighted by Crippen LogP contribution is 1.88. The Kier molecular flexibility index (Phi) is 3.72. The number of rotatable bonds is 3. The van der Waals surface area contributed by atoms with Crippen molar-refractivity contribution < 1.29 is 14.4 Å². The van der Waals surface area contributed by atoms with Crippen molar-refractivity contribution in [2.75, 3.05) is 20.8 Å². The molecule has 0 heterocycles. The lowest BCUT2D eigenvalue weighted by Crippen LogP contribution is -3.06. The fourth-order valence-electron chi connectivity index (χ4n) is 0.333. The molecule has 0 bridgehead atoms. The highest BCUT2D eigenvalue weighted by Gasteiger charge is 2.03. The first-order valence-electron chi connectivity index (χ1n) is 3.15. The molecule has 0 aromatic heterocycles. The molecule has 0 saturated carbocycles.